The number of carbonyl (C=O) groups is 3. The van der Waals surface area contributed by atoms with E-state index in [-0.39, 0.29) is 17.5 Å². The van der Waals surface area contributed by atoms with Crippen LogP contribution in [0, 0.1) is 13.8 Å². The minimum absolute atomic E-state index is 0.112. The minimum Gasteiger partial charge on any atom is -0.325 e. The zero-order valence-electron chi connectivity index (χ0n) is 25.0. The number of benzene rings is 5. The Morgan fingerprint density at radius 2 is 1.31 bits per heavy atom. The second-order valence-corrected chi connectivity index (χ2v) is 11.7. The summed E-state index contributed by atoms with van der Waals surface area (Å²) in [6.45, 7) is 3.97. The molecule has 5 rings (SSSR count). The number of hydrogen-bond acceptors (Lipinski definition) is 4. The topological polar surface area (TPSA) is 87.3 Å². The van der Waals surface area contributed by atoms with Gasteiger partial charge in [-0.1, -0.05) is 91.0 Å². The summed E-state index contributed by atoms with van der Waals surface area (Å²) in [6.07, 6.45) is 1.64. The van der Waals surface area contributed by atoms with Crippen LogP contribution in [0.2, 0.25) is 0 Å². The SMILES string of the molecule is Cc1ccc(C)c(NC(=O)C(Sc2ccc(NC(=O)/C(=C/c3ccccc3)NC(=O)c3ccccc3)cc2)c2ccccc2)c1. The molecule has 224 valence electrons. The molecule has 0 saturated heterocycles. The quantitative estimate of drug-likeness (QED) is 0.110. The molecule has 6 nitrogen and oxygen atoms in total. The number of carbonyl (C=O) groups excluding carboxylic acids is 3. The Kier molecular flexibility index (Phi) is 10.2. The number of anilines is 2. The Labute approximate surface area is 267 Å². The lowest BCUT2D eigenvalue weighted by molar-refractivity contribution is -0.116. The summed E-state index contributed by atoms with van der Waals surface area (Å²) >= 11 is 1.43. The van der Waals surface area contributed by atoms with Gasteiger partial charge in [-0.05, 0) is 84.6 Å². The third-order valence-electron chi connectivity index (χ3n) is 7.00. The molecule has 0 aliphatic rings. The summed E-state index contributed by atoms with van der Waals surface area (Å²) < 4.78 is 0. The molecule has 1 atom stereocenters. The van der Waals surface area contributed by atoms with E-state index >= 15 is 0 Å². The third kappa shape index (κ3) is 8.59. The van der Waals surface area contributed by atoms with Crippen molar-refractivity contribution in [1.82, 2.24) is 5.32 Å². The van der Waals surface area contributed by atoms with Crippen LogP contribution in [-0.4, -0.2) is 17.7 Å². The predicted molar refractivity (Wildman–Crippen MR) is 183 cm³/mol. The Bertz CT molecular complexity index is 1810. The molecule has 0 radical (unpaired) electrons. The van der Waals surface area contributed by atoms with Gasteiger partial charge in [0.2, 0.25) is 5.91 Å². The third-order valence-corrected chi connectivity index (χ3v) is 8.26. The van der Waals surface area contributed by atoms with Crippen molar-refractivity contribution >= 4 is 46.9 Å². The van der Waals surface area contributed by atoms with Crippen LogP contribution in [0.15, 0.2) is 144 Å². The van der Waals surface area contributed by atoms with Crippen molar-refractivity contribution in [2.45, 2.75) is 24.0 Å². The fraction of sp³-hybridized carbons (Fsp3) is 0.0789. The first kappa shape index (κ1) is 31.0. The zero-order chi connectivity index (χ0) is 31.6. The average Bonchev–Trinajstić information content (AvgIpc) is 3.07. The standard InChI is InChI=1S/C38H33N3O3S/c1-26-18-19-27(2)33(24-26)40-38(44)35(29-14-8-4-9-15-29)45-32-22-20-31(21-23-32)39-37(43)34(25-28-12-6-3-7-13-28)41-36(42)30-16-10-5-11-17-30/h3-25,35H,1-2H3,(H,39,43)(H,40,44)(H,41,42)/b34-25-. The van der Waals surface area contributed by atoms with Gasteiger partial charge in [0.05, 0.1) is 0 Å². The highest BCUT2D eigenvalue weighted by Crippen LogP contribution is 2.37. The van der Waals surface area contributed by atoms with E-state index in [4.69, 9.17) is 0 Å². The molecule has 5 aromatic rings. The summed E-state index contributed by atoms with van der Waals surface area (Å²) in [4.78, 5) is 40.7. The number of rotatable bonds is 10. The number of thioether (sulfide) groups is 1. The molecule has 0 saturated carbocycles. The molecule has 0 bridgehead atoms. The number of amides is 3. The average molecular weight is 612 g/mol. The van der Waals surface area contributed by atoms with Crippen LogP contribution >= 0.6 is 11.8 Å². The van der Waals surface area contributed by atoms with Gasteiger partial charge in [-0.2, -0.15) is 0 Å². The minimum atomic E-state index is -0.500. The van der Waals surface area contributed by atoms with Crippen LogP contribution in [0.5, 0.6) is 0 Å². The highest BCUT2D eigenvalue weighted by molar-refractivity contribution is 8.00. The first-order valence-corrected chi connectivity index (χ1v) is 15.4. The molecule has 1 unspecified atom stereocenters. The maximum Gasteiger partial charge on any atom is 0.272 e. The normalized spacial score (nSPS) is 11.7. The molecule has 0 aliphatic heterocycles. The van der Waals surface area contributed by atoms with E-state index in [2.05, 4.69) is 16.0 Å². The number of hydrogen-bond donors (Lipinski definition) is 3. The molecule has 0 spiro atoms. The Morgan fingerprint density at radius 3 is 1.98 bits per heavy atom. The van der Waals surface area contributed by atoms with Crippen molar-refractivity contribution < 1.29 is 14.4 Å². The van der Waals surface area contributed by atoms with E-state index in [1.807, 2.05) is 111 Å². The molecule has 0 heterocycles. The van der Waals surface area contributed by atoms with Crippen molar-refractivity contribution in [3.05, 3.63) is 167 Å². The van der Waals surface area contributed by atoms with Gasteiger partial charge in [-0.25, -0.2) is 0 Å². The van der Waals surface area contributed by atoms with E-state index in [1.54, 1.807) is 42.5 Å². The summed E-state index contributed by atoms with van der Waals surface area (Å²) in [7, 11) is 0. The first-order valence-electron chi connectivity index (χ1n) is 14.5. The molecule has 7 heteroatoms. The Morgan fingerprint density at radius 1 is 0.689 bits per heavy atom. The smallest absolute Gasteiger partial charge is 0.272 e. The molecule has 5 aromatic carbocycles. The molecule has 3 N–H and O–H groups in total. The molecule has 45 heavy (non-hydrogen) atoms. The van der Waals surface area contributed by atoms with Crippen molar-refractivity contribution in [2.24, 2.45) is 0 Å². The Hall–Kier alpha value is -5.40. The van der Waals surface area contributed by atoms with Gasteiger partial charge in [0.1, 0.15) is 10.9 Å². The van der Waals surface area contributed by atoms with Gasteiger partial charge in [0.25, 0.3) is 11.8 Å². The Balaban J connectivity index is 1.32. The van der Waals surface area contributed by atoms with Crippen molar-refractivity contribution in [3.63, 3.8) is 0 Å². The first-order chi connectivity index (χ1) is 21.9. The lowest BCUT2D eigenvalue weighted by Gasteiger charge is -2.18. The molecular weight excluding hydrogens is 579 g/mol. The second-order valence-electron chi connectivity index (χ2n) is 10.5. The monoisotopic (exact) mass is 611 g/mol. The van der Waals surface area contributed by atoms with Gasteiger partial charge in [-0.3, -0.25) is 14.4 Å². The van der Waals surface area contributed by atoms with Crippen molar-refractivity contribution in [1.29, 1.82) is 0 Å². The summed E-state index contributed by atoms with van der Waals surface area (Å²) in [6, 6.07) is 41.0. The lowest BCUT2D eigenvalue weighted by Crippen LogP contribution is -2.30. The summed E-state index contributed by atoms with van der Waals surface area (Å²) in [5.41, 5.74) is 5.61. The predicted octanol–water partition coefficient (Wildman–Crippen LogP) is 8.19. The molecule has 0 fully saturated rings. The van der Waals surface area contributed by atoms with Gasteiger partial charge >= 0.3 is 0 Å². The van der Waals surface area contributed by atoms with Gasteiger partial charge in [0.15, 0.2) is 0 Å². The van der Waals surface area contributed by atoms with Gasteiger partial charge < -0.3 is 16.0 Å². The van der Waals surface area contributed by atoms with E-state index < -0.39 is 11.2 Å². The van der Waals surface area contributed by atoms with Crippen molar-refractivity contribution in [3.8, 4) is 0 Å². The number of nitrogens with one attached hydrogen (secondary N) is 3. The van der Waals surface area contributed by atoms with E-state index in [9.17, 15) is 14.4 Å². The zero-order valence-corrected chi connectivity index (χ0v) is 25.8. The van der Waals surface area contributed by atoms with E-state index in [0.29, 0.717) is 11.3 Å². The maximum atomic E-state index is 13.6. The second kappa shape index (κ2) is 14.9. The van der Waals surface area contributed by atoms with Gasteiger partial charge in [-0.15, -0.1) is 11.8 Å². The molecule has 0 aromatic heterocycles. The van der Waals surface area contributed by atoms with Crippen molar-refractivity contribution in [2.75, 3.05) is 10.6 Å². The van der Waals surface area contributed by atoms with Crippen LogP contribution < -0.4 is 16.0 Å². The van der Waals surface area contributed by atoms with Crippen LogP contribution in [0.1, 0.15) is 37.9 Å². The fourth-order valence-electron chi connectivity index (χ4n) is 4.58. The summed E-state index contributed by atoms with van der Waals surface area (Å²) in [5.74, 6) is -0.966. The molecule has 0 aliphatic carbocycles. The van der Waals surface area contributed by atoms with Crippen LogP contribution in [-0.2, 0) is 9.59 Å². The number of aryl methyl sites for hydroxylation is 2. The highest BCUT2D eigenvalue weighted by Gasteiger charge is 2.23. The highest BCUT2D eigenvalue weighted by atomic mass is 32.2. The van der Waals surface area contributed by atoms with Crippen LogP contribution in [0.25, 0.3) is 6.08 Å². The largest absolute Gasteiger partial charge is 0.325 e. The van der Waals surface area contributed by atoms with E-state index in [0.717, 1.165) is 32.8 Å². The summed E-state index contributed by atoms with van der Waals surface area (Å²) in [5, 5.41) is 8.26. The van der Waals surface area contributed by atoms with Crippen LogP contribution in [0.3, 0.4) is 0 Å². The lowest BCUT2D eigenvalue weighted by atomic mass is 10.1. The maximum absolute atomic E-state index is 13.6. The molecular formula is C38H33N3O3S. The van der Waals surface area contributed by atoms with Crippen LogP contribution in [0.4, 0.5) is 11.4 Å². The van der Waals surface area contributed by atoms with Gasteiger partial charge in [0, 0.05) is 21.8 Å². The van der Waals surface area contributed by atoms with E-state index in [1.165, 1.54) is 11.8 Å². The fourth-order valence-corrected chi connectivity index (χ4v) is 5.60. The molecule has 3 amide bonds.